The van der Waals surface area contributed by atoms with E-state index in [1.165, 1.54) is 0 Å². The van der Waals surface area contributed by atoms with Gasteiger partial charge in [-0.1, -0.05) is 0 Å². The van der Waals surface area contributed by atoms with Gasteiger partial charge in [0.05, 0.1) is 5.19 Å². The molecule has 1 rings (SSSR count). The quantitative estimate of drug-likeness (QED) is 0.350. The van der Waals surface area contributed by atoms with Crippen molar-refractivity contribution in [2.24, 2.45) is 0 Å². The van der Waals surface area contributed by atoms with Crippen molar-refractivity contribution in [2.45, 2.75) is 0 Å². The molecule has 16 heavy (non-hydrogen) atoms. The maximum Gasteiger partial charge on any atom is 0.361 e. The van der Waals surface area contributed by atoms with Gasteiger partial charge in [-0.15, -0.1) is 0 Å². The Bertz CT molecular complexity index is 379. The fraction of sp³-hybridized carbons (Fsp3) is 0.250. The largest absolute Gasteiger partial charge is 0.397 e. The van der Waals surface area contributed by atoms with Crippen molar-refractivity contribution in [1.82, 2.24) is 0 Å². The first-order valence-electron chi connectivity index (χ1n) is 4.02. The summed E-state index contributed by atoms with van der Waals surface area (Å²) in [4.78, 5) is 0. The minimum Gasteiger partial charge on any atom is -0.397 e. The Morgan fingerprint density at radius 2 is 1.00 bits per heavy atom. The Morgan fingerprint density at radius 3 is 1.31 bits per heavy atom. The highest BCUT2D eigenvalue weighted by atomic mass is 28.3. The predicted octanol–water partition coefficient (Wildman–Crippen LogP) is 1.10. The lowest BCUT2D eigenvalue weighted by molar-refractivity contribution is 0.286. The van der Waals surface area contributed by atoms with Crippen LogP contribution < -0.4 is 5.19 Å². The minimum atomic E-state index is -3.10. The van der Waals surface area contributed by atoms with E-state index in [0.29, 0.717) is 0 Å². The molecule has 0 N–H and O–H groups in total. The van der Waals surface area contributed by atoms with Crippen LogP contribution in [0.25, 0.3) is 0 Å². The van der Waals surface area contributed by atoms with Gasteiger partial charge in [0.2, 0.25) is 5.82 Å². The number of hydrogen-bond acceptors (Lipinski definition) is 2. The van der Waals surface area contributed by atoms with Gasteiger partial charge in [0.15, 0.2) is 23.3 Å². The Balaban J connectivity index is 3.50. The van der Waals surface area contributed by atoms with Gasteiger partial charge in [-0.2, -0.15) is 0 Å². The van der Waals surface area contributed by atoms with Crippen LogP contribution in [0.5, 0.6) is 0 Å². The SMILES string of the molecule is CO[SiH](OC)c1c(F)c(F)c(F)c(F)c1F. The molecule has 1 aromatic carbocycles. The van der Waals surface area contributed by atoms with Gasteiger partial charge in [0.1, 0.15) is 0 Å². The Morgan fingerprint density at radius 1 is 0.688 bits per heavy atom. The third-order valence-corrected chi connectivity index (χ3v) is 3.74. The summed E-state index contributed by atoms with van der Waals surface area (Å²) in [5, 5.41) is -1.01. The molecule has 0 heterocycles. The molecule has 0 bridgehead atoms. The van der Waals surface area contributed by atoms with E-state index in [-0.39, 0.29) is 0 Å². The van der Waals surface area contributed by atoms with Crippen LogP contribution in [0.2, 0.25) is 0 Å². The Kier molecular flexibility index (Phi) is 4.00. The van der Waals surface area contributed by atoms with Crippen molar-refractivity contribution in [3.8, 4) is 0 Å². The lowest BCUT2D eigenvalue weighted by Crippen LogP contribution is -2.41. The molecule has 0 amide bonds. The fourth-order valence-electron chi connectivity index (χ4n) is 1.16. The van der Waals surface area contributed by atoms with Crippen LogP contribution in [0.4, 0.5) is 22.0 Å². The average Bonchev–Trinajstić information content (AvgIpc) is 2.29. The van der Waals surface area contributed by atoms with Gasteiger partial charge < -0.3 is 8.85 Å². The Labute approximate surface area is 89.4 Å². The first-order chi connectivity index (χ1) is 7.45. The van der Waals surface area contributed by atoms with Gasteiger partial charge in [-0.05, 0) is 0 Å². The van der Waals surface area contributed by atoms with Crippen molar-refractivity contribution in [2.75, 3.05) is 14.2 Å². The number of rotatable bonds is 3. The van der Waals surface area contributed by atoms with Gasteiger partial charge in [0.25, 0.3) is 0 Å². The third-order valence-electron chi connectivity index (χ3n) is 1.91. The van der Waals surface area contributed by atoms with Crippen LogP contribution in [0.1, 0.15) is 0 Å². The van der Waals surface area contributed by atoms with Gasteiger partial charge in [-0.3, -0.25) is 0 Å². The molecular weight excluding hydrogens is 251 g/mol. The summed E-state index contributed by atoms with van der Waals surface area (Å²) in [6, 6.07) is 0. The molecule has 0 aliphatic carbocycles. The van der Waals surface area contributed by atoms with E-state index in [9.17, 15) is 22.0 Å². The van der Waals surface area contributed by atoms with E-state index >= 15 is 0 Å². The van der Waals surface area contributed by atoms with Crippen LogP contribution in [0.3, 0.4) is 0 Å². The zero-order chi connectivity index (χ0) is 12.5. The monoisotopic (exact) mass is 258 g/mol. The summed E-state index contributed by atoms with van der Waals surface area (Å²) in [5.41, 5.74) is 0. The summed E-state index contributed by atoms with van der Waals surface area (Å²) in [6.45, 7) is 0. The number of benzene rings is 1. The van der Waals surface area contributed by atoms with Crippen molar-refractivity contribution in [3.05, 3.63) is 29.1 Å². The first kappa shape index (κ1) is 13.1. The molecule has 0 unspecified atom stereocenters. The van der Waals surface area contributed by atoms with Crippen molar-refractivity contribution < 1.29 is 30.8 Å². The predicted molar refractivity (Wildman–Crippen MR) is 47.0 cm³/mol. The number of halogens is 5. The molecule has 2 nitrogen and oxygen atoms in total. The summed E-state index contributed by atoms with van der Waals surface area (Å²) >= 11 is 0. The molecule has 0 aliphatic heterocycles. The van der Waals surface area contributed by atoms with Crippen LogP contribution in [0, 0.1) is 29.1 Å². The van der Waals surface area contributed by atoms with E-state index in [1.54, 1.807) is 0 Å². The van der Waals surface area contributed by atoms with Crippen LogP contribution >= 0.6 is 0 Å². The van der Waals surface area contributed by atoms with E-state index in [1.807, 2.05) is 0 Å². The third kappa shape index (κ3) is 1.95. The average molecular weight is 258 g/mol. The second-order valence-corrected chi connectivity index (χ2v) is 4.97. The minimum absolute atomic E-state index is 1.01. The molecule has 1 aromatic rings. The molecule has 0 saturated heterocycles. The molecule has 0 atom stereocenters. The second kappa shape index (κ2) is 4.89. The molecule has 0 radical (unpaired) electrons. The topological polar surface area (TPSA) is 18.5 Å². The first-order valence-corrected chi connectivity index (χ1v) is 5.54. The standard InChI is InChI=1S/C8H7F5O2Si/c1-14-16(15-2)8-6(12)4(10)3(9)5(11)7(8)13/h16H,1-2H3. The molecule has 8 heteroatoms. The highest BCUT2D eigenvalue weighted by Crippen LogP contribution is 2.16. The Hall–Kier alpha value is -0.993. The molecule has 0 fully saturated rings. The number of hydrogen-bond donors (Lipinski definition) is 0. The van der Waals surface area contributed by atoms with Crippen LogP contribution in [-0.2, 0) is 8.85 Å². The van der Waals surface area contributed by atoms with Crippen molar-refractivity contribution in [3.63, 3.8) is 0 Å². The van der Waals surface area contributed by atoms with Crippen LogP contribution in [-0.4, -0.2) is 23.5 Å². The maximum absolute atomic E-state index is 13.2. The second-order valence-electron chi connectivity index (χ2n) is 2.79. The summed E-state index contributed by atoms with van der Waals surface area (Å²) in [5.74, 6) is -10.0. The van der Waals surface area contributed by atoms with E-state index < -0.39 is 43.6 Å². The van der Waals surface area contributed by atoms with Gasteiger partial charge in [0, 0.05) is 14.2 Å². The van der Waals surface area contributed by atoms with Crippen LogP contribution in [0.15, 0.2) is 0 Å². The van der Waals surface area contributed by atoms with E-state index in [2.05, 4.69) is 8.85 Å². The highest BCUT2D eigenvalue weighted by molar-refractivity contribution is 6.61. The molecule has 90 valence electrons. The van der Waals surface area contributed by atoms with Crippen molar-refractivity contribution in [1.29, 1.82) is 0 Å². The normalized spacial score (nSPS) is 11.2. The van der Waals surface area contributed by atoms with Gasteiger partial charge >= 0.3 is 9.28 Å². The molecular formula is C8H7F5O2Si. The lowest BCUT2D eigenvalue weighted by Gasteiger charge is -2.14. The van der Waals surface area contributed by atoms with E-state index in [4.69, 9.17) is 0 Å². The summed E-state index contributed by atoms with van der Waals surface area (Å²) in [6.07, 6.45) is 0. The molecule has 0 spiro atoms. The van der Waals surface area contributed by atoms with E-state index in [0.717, 1.165) is 14.2 Å². The summed E-state index contributed by atoms with van der Waals surface area (Å²) in [7, 11) is -0.967. The fourth-order valence-corrected chi connectivity index (χ4v) is 2.49. The lowest BCUT2D eigenvalue weighted by atomic mass is 10.3. The summed E-state index contributed by atoms with van der Waals surface area (Å²) < 4.78 is 73.8. The molecule has 0 saturated carbocycles. The van der Waals surface area contributed by atoms with Gasteiger partial charge in [-0.25, -0.2) is 22.0 Å². The zero-order valence-corrected chi connectivity index (χ0v) is 9.44. The zero-order valence-electron chi connectivity index (χ0n) is 8.28. The maximum atomic E-state index is 13.2. The molecule has 0 aliphatic rings. The smallest absolute Gasteiger partial charge is 0.361 e. The molecule has 0 aromatic heterocycles. The highest BCUT2D eigenvalue weighted by Gasteiger charge is 2.32. The van der Waals surface area contributed by atoms with Crippen molar-refractivity contribution >= 4 is 14.5 Å².